The highest BCUT2D eigenvalue weighted by Gasteiger charge is 2.01. The lowest BCUT2D eigenvalue weighted by Crippen LogP contribution is -2.33. The third-order valence-electron chi connectivity index (χ3n) is 3.12. The van der Waals surface area contributed by atoms with Crippen LogP contribution in [-0.2, 0) is 13.0 Å². The largest absolute Gasteiger partial charge is 0.370 e. The fourth-order valence-electron chi connectivity index (χ4n) is 1.98. The van der Waals surface area contributed by atoms with Crippen molar-refractivity contribution in [3.63, 3.8) is 0 Å². The van der Waals surface area contributed by atoms with Gasteiger partial charge in [0, 0.05) is 16.3 Å². The summed E-state index contributed by atoms with van der Waals surface area (Å²) in [6, 6.07) is 10.6. The number of aliphatic imine (C=N–C) groups is 1. The van der Waals surface area contributed by atoms with Crippen LogP contribution in [0.5, 0.6) is 0 Å². The van der Waals surface area contributed by atoms with Crippen molar-refractivity contribution < 1.29 is 0 Å². The molecule has 0 aliphatic rings. The van der Waals surface area contributed by atoms with E-state index < -0.39 is 0 Å². The van der Waals surface area contributed by atoms with Crippen LogP contribution in [0.2, 0.25) is 0 Å². The molecule has 0 saturated heterocycles. The van der Waals surface area contributed by atoms with Gasteiger partial charge in [-0.2, -0.15) is 0 Å². The summed E-state index contributed by atoms with van der Waals surface area (Å²) < 4.78 is 0. The number of nitrogens with zero attached hydrogens (tertiary/aromatic N) is 1. The predicted octanol–water partition coefficient (Wildman–Crippen LogP) is 4.04. The van der Waals surface area contributed by atoms with Crippen LogP contribution >= 0.6 is 47.1 Å². The molecule has 0 saturated carbocycles. The summed E-state index contributed by atoms with van der Waals surface area (Å²) in [5.74, 6) is 0.513. The molecule has 1 aromatic carbocycles. The van der Waals surface area contributed by atoms with Gasteiger partial charge in [-0.05, 0) is 48.2 Å². The highest BCUT2D eigenvalue weighted by atomic mass is 127. The van der Waals surface area contributed by atoms with Gasteiger partial charge in [0.05, 0.1) is 6.54 Å². The molecule has 0 amide bonds. The molecule has 120 valence electrons. The van der Waals surface area contributed by atoms with E-state index in [1.165, 1.54) is 20.9 Å². The normalized spacial score (nSPS) is 11.1. The average Bonchev–Trinajstić information content (AvgIpc) is 2.99. The van der Waals surface area contributed by atoms with Crippen LogP contribution in [0.4, 0.5) is 0 Å². The maximum absolute atomic E-state index is 5.92. The second-order valence-electron chi connectivity index (χ2n) is 4.77. The number of rotatable bonds is 6. The molecular formula is C16H22IN3S2. The van der Waals surface area contributed by atoms with Gasteiger partial charge >= 0.3 is 0 Å². The first-order valence-electron chi connectivity index (χ1n) is 6.88. The zero-order chi connectivity index (χ0) is 15.1. The third kappa shape index (κ3) is 6.18. The molecule has 22 heavy (non-hydrogen) atoms. The zero-order valence-corrected chi connectivity index (χ0v) is 16.8. The van der Waals surface area contributed by atoms with Crippen LogP contribution < -0.4 is 11.1 Å². The molecule has 3 nitrogen and oxygen atoms in total. The first-order valence-corrected chi connectivity index (χ1v) is 8.99. The Morgan fingerprint density at radius 3 is 2.86 bits per heavy atom. The second kappa shape index (κ2) is 10.1. The SMILES string of the molecule is CSc1cc(C)ccc1CN=C(N)NCCc1cccs1.I. The molecule has 2 aromatic rings. The zero-order valence-electron chi connectivity index (χ0n) is 12.8. The number of hydrogen-bond donors (Lipinski definition) is 2. The van der Waals surface area contributed by atoms with Crippen molar-refractivity contribution >= 4 is 53.0 Å². The summed E-state index contributed by atoms with van der Waals surface area (Å²) >= 11 is 3.52. The summed E-state index contributed by atoms with van der Waals surface area (Å²) in [6.45, 7) is 3.54. The molecule has 6 heteroatoms. The summed E-state index contributed by atoms with van der Waals surface area (Å²) in [5, 5.41) is 5.26. The number of halogens is 1. The molecule has 1 heterocycles. The Morgan fingerprint density at radius 1 is 1.36 bits per heavy atom. The highest BCUT2D eigenvalue weighted by molar-refractivity contribution is 14.0. The first kappa shape index (κ1) is 19.3. The Kier molecular flexibility index (Phi) is 8.89. The van der Waals surface area contributed by atoms with Crippen molar-refractivity contribution in [2.45, 2.75) is 24.8 Å². The lowest BCUT2D eigenvalue weighted by atomic mass is 10.1. The van der Waals surface area contributed by atoms with Gasteiger partial charge in [0.15, 0.2) is 5.96 Å². The van der Waals surface area contributed by atoms with E-state index in [9.17, 15) is 0 Å². The number of thioether (sulfide) groups is 1. The van der Waals surface area contributed by atoms with Gasteiger partial charge in [-0.25, -0.2) is 4.99 Å². The van der Waals surface area contributed by atoms with Gasteiger partial charge in [0.2, 0.25) is 0 Å². The molecule has 0 aliphatic heterocycles. The summed E-state index contributed by atoms with van der Waals surface area (Å²) in [5.41, 5.74) is 8.41. The van der Waals surface area contributed by atoms with E-state index in [2.05, 4.69) is 59.2 Å². The third-order valence-corrected chi connectivity index (χ3v) is 4.88. The van der Waals surface area contributed by atoms with Crippen LogP contribution in [0.1, 0.15) is 16.0 Å². The fourth-order valence-corrected chi connectivity index (χ4v) is 3.38. The standard InChI is InChI=1S/C16H21N3S2.HI/c1-12-5-6-13(15(10-12)20-2)11-19-16(17)18-8-7-14-4-3-9-21-14;/h3-6,9-10H,7-8,11H2,1-2H3,(H3,17,18,19);1H. The van der Waals surface area contributed by atoms with Crippen molar-refractivity contribution in [2.75, 3.05) is 12.8 Å². The van der Waals surface area contributed by atoms with Gasteiger partial charge in [-0.3, -0.25) is 0 Å². The Bertz CT molecular complexity index is 597. The second-order valence-corrected chi connectivity index (χ2v) is 6.65. The van der Waals surface area contributed by atoms with Gasteiger partial charge in [-0.15, -0.1) is 47.1 Å². The molecule has 0 aliphatic carbocycles. The van der Waals surface area contributed by atoms with E-state index >= 15 is 0 Å². The van der Waals surface area contributed by atoms with Gasteiger partial charge in [0.25, 0.3) is 0 Å². The molecule has 0 atom stereocenters. The van der Waals surface area contributed by atoms with Gasteiger partial charge < -0.3 is 11.1 Å². The van der Waals surface area contributed by atoms with Crippen molar-refractivity contribution in [3.8, 4) is 0 Å². The maximum atomic E-state index is 5.92. The van der Waals surface area contributed by atoms with Crippen LogP contribution in [0.25, 0.3) is 0 Å². The van der Waals surface area contributed by atoms with Crippen molar-refractivity contribution in [3.05, 3.63) is 51.7 Å². The lowest BCUT2D eigenvalue weighted by molar-refractivity contribution is 0.855. The Hall–Kier alpha value is -0.730. The molecule has 0 bridgehead atoms. The number of hydrogen-bond acceptors (Lipinski definition) is 3. The van der Waals surface area contributed by atoms with Crippen LogP contribution in [0, 0.1) is 6.92 Å². The summed E-state index contributed by atoms with van der Waals surface area (Å²) in [4.78, 5) is 7.05. The monoisotopic (exact) mass is 447 g/mol. The number of nitrogens with two attached hydrogens (primary N) is 1. The molecule has 1 aromatic heterocycles. The van der Waals surface area contributed by atoms with Crippen LogP contribution in [0.15, 0.2) is 45.6 Å². The van der Waals surface area contributed by atoms with Crippen LogP contribution in [0.3, 0.4) is 0 Å². The topological polar surface area (TPSA) is 50.4 Å². The quantitative estimate of drug-likeness (QED) is 0.304. The van der Waals surface area contributed by atoms with Gasteiger partial charge in [-0.1, -0.05) is 18.2 Å². The smallest absolute Gasteiger partial charge is 0.188 e. The van der Waals surface area contributed by atoms with Crippen molar-refractivity contribution in [2.24, 2.45) is 10.7 Å². The van der Waals surface area contributed by atoms with E-state index in [1.807, 2.05) is 0 Å². The molecule has 0 unspecified atom stereocenters. The number of guanidine groups is 1. The fraction of sp³-hybridized carbons (Fsp3) is 0.312. The Balaban J connectivity index is 0.00000242. The molecule has 0 spiro atoms. The minimum Gasteiger partial charge on any atom is -0.370 e. The van der Waals surface area contributed by atoms with Gasteiger partial charge in [0.1, 0.15) is 0 Å². The van der Waals surface area contributed by atoms with Crippen molar-refractivity contribution in [1.82, 2.24) is 5.32 Å². The number of benzene rings is 1. The minimum atomic E-state index is 0. The van der Waals surface area contributed by atoms with E-state index in [0.717, 1.165) is 13.0 Å². The van der Waals surface area contributed by atoms with E-state index in [-0.39, 0.29) is 24.0 Å². The summed E-state index contributed by atoms with van der Waals surface area (Å²) in [7, 11) is 0. The Labute approximate surface area is 157 Å². The van der Waals surface area contributed by atoms with E-state index in [4.69, 9.17) is 5.73 Å². The van der Waals surface area contributed by atoms with E-state index in [1.54, 1.807) is 23.1 Å². The summed E-state index contributed by atoms with van der Waals surface area (Å²) in [6.07, 6.45) is 3.07. The van der Waals surface area contributed by atoms with E-state index in [0.29, 0.717) is 12.5 Å². The predicted molar refractivity (Wildman–Crippen MR) is 110 cm³/mol. The molecule has 0 radical (unpaired) electrons. The highest BCUT2D eigenvalue weighted by Crippen LogP contribution is 2.22. The minimum absolute atomic E-state index is 0. The molecule has 0 fully saturated rings. The number of aryl methyl sites for hydroxylation is 1. The van der Waals surface area contributed by atoms with Crippen molar-refractivity contribution in [1.29, 1.82) is 0 Å². The number of thiophene rings is 1. The number of nitrogens with one attached hydrogen (secondary N) is 1. The molecule has 2 rings (SSSR count). The first-order chi connectivity index (χ1) is 10.2. The molecule has 3 N–H and O–H groups in total. The van der Waals surface area contributed by atoms with Crippen LogP contribution in [-0.4, -0.2) is 18.8 Å². The Morgan fingerprint density at radius 2 is 2.18 bits per heavy atom. The lowest BCUT2D eigenvalue weighted by Gasteiger charge is -2.08. The maximum Gasteiger partial charge on any atom is 0.188 e. The molecular weight excluding hydrogens is 425 g/mol. The average molecular weight is 447 g/mol.